The number of aromatic nitrogens is 1. The molecule has 1 atom stereocenters. The second-order valence-electron chi connectivity index (χ2n) is 7.82. The lowest BCUT2D eigenvalue weighted by Crippen LogP contribution is -2.22. The third-order valence-corrected chi connectivity index (χ3v) is 5.96. The summed E-state index contributed by atoms with van der Waals surface area (Å²) in [6.45, 7) is 7.11. The molecule has 1 aliphatic rings. The fourth-order valence-corrected chi connectivity index (χ4v) is 4.71. The maximum Gasteiger partial charge on any atom is 0.341 e. The summed E-state index contributed by atoms with van der Waals surface area (Å²) in [5.74, 6) is -1.04. The first-order chi connectivity index (χ1) is 14.2. The van der Waals surface area contributed by atoms with E-state index >= 15 is 0 Å². The molecule has 1 aliphatic carbocycles. The summed E-state index contributed by atoms with van der Waals surface area (Å²) < 4.78 is 10.5. The van der Waals surface area contributed by atoms with Gasteiger partial charge in [0.25, 0.3) is 5.91 Å². The van der Waals surface area contributed by atoms with Crippen molar-refractivity contribution in [2.24, 2.45) is 5.92 Å². The van der Waals surface area contributed by atoms with Crippen LogP contribution < -0.4 is 5.32 Å². The van der Waals surface area contributed by atoms with Gasteiger partial charge >= 0.3 is 11.9 Å². The van der Waals surface area contributed by atoms with E-state index in [0.29, 0.717) is 16.5 Å². The van der Waals surface area contributed by atoms with Gasteiger partial charge in [-0.3, -0.25) is 9.78 Å². The van der Waals surface area contributed by atoms with Crippen LogP contribution in [0.5, 0.6) is 0 Å². The second-order valence-corrected chi connectivity index (χ2v) is 8.93. The number of thiophene rings is 1. The number of hydrogen-bond acceptors (Lipinski definition) is 7. The summed E-state index contributed by atoms with van der Waals surface area (Å²) in [6.07, 6.45) is 3.78. The fraction of sp³-hybridized carbons (Fsp3) is 0.455. The van der Waals surface area contributed by atoms with Gasteiger partial charge in [-0.1, -0.05) is 6.92 Å². The number of ether oxygens (including phenoxy) is 2. The van der Waals surface area contributed by atoms with Crippen LogP contribution >= 0.6 is 11.3 Å². The van der Waals surface area contributed by atoms with Crippen molar-refractivity contribution >= 4 is 34.2 Å². The van der Waals surface area contributed by atoms with Crippen LogP contribution in [0.1, 0.15) is 64.0 Å². The van der Waals surface area contributed by atoms with E-state index in [2.05, 4.69) is 17.2 Å². The van der Waals surface area contributed by atoms with Crippen LogP contribution in [-0.4, -0.2) is 35.5 Å². The minimum absolute atomic E-state index is 0.261. The lowest BCUT2D eigenvalue weighted by atomic mass is 9.88. The molecule has 7 nitrogen and oxygen atoms in total. The molecule has 0 fully saturated rings. The van der Waals surface area contributed by atoms with Crippen molar-refractivity contribution in [3.05, 3.63) is 45.6 Å². The van der Waals surface area contributed by atoms with Gasteiger partial charge in [-0.15, -0.1) is 11.3 Å². The predicted molar refractivity (Wildman–Crippen MR) is 114 cm³/mol. The number of pyridine rings is 1. The molecule has 2 aromatic rings. The molecule has 1 unspecified atom stereocenters. The van der Waals surface area contributed by atoms with E-state index in [1.165, 1.54) is 17.5 Å². The van der Waals surface area contributed by atoms with E-state index < -0.39 is 24.5 Å². The third kappa shape index (κ3) is 5.24. The average Bonchev–Trinajstić information content (AvgIpc) is 3.02. The van der Waals surface area contributed by atoms with Gasteiger partial charge in [-0.05, 0) is 63.6 Å². The fourth-order valence-electron chi connectivity index (χ4n) is 3.29. The highest BCUT2D eigenvalue weighted by molar-refractivity contribution is 7.17. The van der Waals surface area contributed by atoms with E-state index in [-0.39, 0.29) is 11.7 Å². The Hall–Kier alpha value is -2.74. The Labute approximate surface area is 179 Å². The second kappa shape index (κ2) is 9.38. The normalized spacial score (nSPS) is 15.4. The Kier molecular flexibility index (Phi) is 6.87. The van der Waals surface area contributed by atoms with Gasteiger partial charge in [0, 0.05) is 16.8 Å². The SMILES string of the molecule is Cc1ccc(C(=O)OCC(=O)Nc2sc3c(c2C(=O)OC(C)C)CCC(C)C3)cn1. The van der Waals surface area contributed by atoms with E-state index in [1.54, 1.807) is 26.0 Å². The first kappa shape index (κ1) is 22.0. The number of esters is 2. The van der Waals surface area contributed by atoms with Crippen LogP contribution in [0.2, 0.25) is 0 Å². The molecule has 160 valence electrons. The van der Waals surface area contributed by atoms with Gasteiger partial charge in [0.2, 0.25) is 0 Å². The molecule has 0 spiro atoms. The van der Waals surface area contributed by atoms with E-state index in [9.17, 15) is 14.4 Å². The van der Waals surface area contributed by atoms with Crippen LogP contribution in [0.4, 0.5) is 5.00 Å². The number of nitrogens with zero attached hydrogens (tertiary/aromatic N) is 1. The van der Waals surface area contributed by atoms with Gasteiger partial charge in [0.15, 0.2) is 6.61 Å². The number of aryl methyl sites for hydroxylation is 1. The zero-order valence-corrected chi connectivity index (χ0v) is 18.4. The van der Waals surface area contributed by atoms with Gasteiger partial charge in [0.1, 0.15) is 5.00 Å². The molecule has 0 saturated carbocycles. The van der Waals surface area contributed by atoms with E-state index in [0.717, 1.165) is 35.4 Å². The molecule has 2 aromatic heterocycles. The molecule has 0 saturated heterocycles. The highest BCUT2D eigenvalue weighted by Gasteiger charge is 2.29. The number of anilines is 1. The summed E-state index contributed by atoms with van der Waals surface area (Å²) in [5, 5.41) is 3.19. The molecule has 0 radical (unpaired) electrons. The molecule has 8 heteroatoms. The maximum atomic E-state index is 12.7. The highest BCUT2D eigenvalue weighted by atomic mass is 32.1. The number of amides is 1. The smallest absolute Gasteiger partial charge is 0.341 e. The molecule has 2 heterocycles. The van der Waals surface area contributed by atoms with Crippen LogP contribution in [0.25, 0.3) is 0 Å². The number of carbonyl (C=O) groups is 3. The summed E-state index contributed by atoms with van der Waals surface area (Å²) in [6, 6.07) is 3.29. The number of nitrogens with one attached hydrogen (secondary N) is 1. The third-order valence-electron chi connectivity index (χ3n) is 4.79. The van der Waals surface area contributed by atoms with Gasteiger partial charge in [0.05, 0.1) is 17.2 Å². The monoisotopic (exact) mass is 430 g/mol. The molecule has 1 amide bonds. The molecular weight excluding hydrogens is 404 g/mol. The van der Waals surface area contributed by atoms with Crippen molar-refractivity contribution in [1.82, 2.24) is 4.98 Å². The minimum Gasteiger partial charge on any atom is -0.459 e. The summed E-state index contributed by atoms with van der Waals surface area (Å²) in [4.78, 5) is 42.4. The largest absolute Gasteiger partial charge is 0.459 e. The van der Waals surface area contributed by atoms with Crippen LogP contribution in [-0.2, 0) is 27.1 Å². The molecule has 30 heavy (non-hydrogen) atoms. The van der Waals surface area contributed by atoms with Crippen molar-refractivity contribution in [3.63, 3.8) is 0 Å². The molecule has 1 N–H and O–H groups in total. The first-order valence-corrected chi connectivity index (χ1v) is 10.8. The number of carbonyl (C=O) groups excluding carboxylic acids is 3. The van der Waals surface area contributed by atoms with Crippen molar-refractivity contribution in [2.75, 3.05) is 11.9 Å². The molecule has 0 bridgehead atoms. The quantitative estimate of drug-likeness (QED) is 0.698. The van der Waals surface area contributed by atoms with Crippen LogP contribution in [0.15, 0.2) is 18.3 Å². The summed E-state index contributed by atoms with van der Waals surface area (Å²) in [7, 11) is 0. The van der Waals surface area contributed by atoms with E-state index in [4.69, 9.17) is 9.47 Å². The molecular formula is C22H26N2O5S. The Bertz CT molecular complexity index is 949. The van der Waals surface area contributed by atoms with Crippen molar-refractivity contribution < 1.29 is 23.9 Å². The number of rotatable bonds is 6. The van der Waals surface area contributed by atoms with Crippen LogP contribution in [0.3, 0.4) is 0 Å². The lowest BCUT2D eigenvalue weighted by Gasteiger charge is -2.18. The number of hydrogen-bond donors (Lipinski definition) is 1. The number of fused-ring (bicyclic) bond motifs is 1. The van der Waals surface area contributed by atoms with E-state index in [1.807, 2.05) is 6.92 Å². The Morgan fingerprint density at radius 1 is 1.27 bits per heavy atom. The highest BCUT2D eigenvalue weighted by Crippen LogP contribution is 2.40. The Morgan fingerprint density at radius 2 is 2.03 bits per heavy atom. The van der Waals surface area contributed by atoms with Crippen molar-refractivity contribution in [3.8, 4) is 0 Å². The van der Waals surface area contributed by atoms with Gasteiger partial charge < -0.3 is 14.8 Å². The van der Waals surface area contributed by atoms with Crippen LogP contribution in [0, 0.1) is 12.8 Å². The summed E-state index contributed by atoms with van der Waals surface area (Å²) >= 11 is 1.40. The zero-order chi connectivity index (χ0) is 21.8. The topological polar surface area (TPSA) is 94.6 Å². The molecule has 0 aliphatic heterocycles. The van der Waals surface area contributed by atoms with Crippen molar-refractivity contribution in [1.29, 1.82) is 0 Å². The maximum absolute atomic E-state index is 12.7. The Balaban J connectivity index is 1.71. The standard InChI is InChI=1S/C22H26N2O5S/c1-12(2)29-22(27)19-16-8-5-13(3)9-17(16)30-20(19)24-18(25)11-28-21(26)15-7-6-14(4)23-10-15/h6-7,10,12-13H,5,8-9,11H2,1-4H3,(H,24,25). The predicted octanol–water partition coefficient (Wildman–Crippen LogP) is 3.94. The lowest BCUT2D eigenvalue weighted by molar-refractivity contribution is -0.119. The van der Waals surface area contributed by atoms with Gasteiger partial charge in [-0.2, -0.15) is 0 Å². The zero-order valence-electron chi connectivity index (χ0n) is 17.6. The van der Waals surface area contributed by atoms with Gasteiger partial charge in [-0.25, -0.2) is 9.59 Å². The molecule has 3 rings (SSSR count). The minimum atomic E-state index is -0.628. The van der Waals surface area contributed by atoms with Crippen molar-refractivity contribution in [2.45, 2.75) is 53.1 Å². The summed E-state index contributed by atoms with van der Waals surface area (Å²) in [5.41, 5.74) is 2.44. The average molecular weight is 431 g/mol. The first-order valence-electron chi connectivity index (χ1n) is 9.99. The Morgan fingerprint density at radius 3 is 2.70 bits per heavy atom. The molecule has 0 aromatic carbocycles.